The molecule has 2 nitrogen and oxygen atoms in total. The van der Waals surface area contributed by atoms with Crippen LogP contribution in [0, 0.1) is 0 Å². The molecule has 0 bridgehead atoms. The molecule has 1 aliphatic heterocycles. The highest BCUT2D eigenvalue weighted by Gasteiger charge is 2.25. The van der Waals surface area contributed by atoms with Crippen LogP contribution in [0.4, 0.5) is 4.39 Å². The van der Waals surface area contributed by atoms with Gasteiger partial charge in [0.15, 0.2) is 6.29 Å². The Kier molecular flexibility index (Phi) is 2.96. The molecule has 2 aliphatic rings. The Balaban J connectivity index is 1.79. The number of hydrogen-bond acceptors (Lipinski definition) is 2. The van der Waals surface area contributed by atoms with Crippen LogP contribution in [-0.4, -0.2) is 19.0 Å². The van der Waals surface area contributed by atoms with Crippen LogP contribution >= 0.6 is 0 Å². The van der Waals surface area contributed by atoms with E-state index in [9.17, 15) is 4.39 Å². The fraction of sp³-hybridized carbons (Fsp3) is 0.800. The first-order valence-electron chi connectivity index (χ1n) is 4.99. The minimum absolute atomic E-state index is 0.117. The molecule has 2 rings (SSSR count). The summed E-state index contributed by atoms with van der Waals surface area (Å²) in [5.74, 6) is -0.117. The summed E-state index contributed by atoms with van der Waals surface area (Å²) < 4.78 is 23.9. The summed E-state index contributed by atoms with van der Waals surface area (Å²) in [6.07, 6.45) is 5.80. The third-order valence-corrected chi connectivity index (χ3v) is 2.53. The molecule has 0 aromatic carbocycles. The van der Waals surface area contributed by atoms with Crippen molar-refractivity contribution in [3.8, 4) is 0 Å². The summed E-state index contributed by atoms with van der Waals surface area (Å²) in [5.41, 5.74) is 0. The van der Waals surface area contributed by atoms with Gasteiger partial charge in [-0.25, -0.2) is 4.39 Å². The Morgan fingerprint density at radius 2 is 2.31 bits per heavy atom. The maximum Gasteiger partial charge on any atom is 0.158 e. The van der Waals surface area contributed by atoms with E-state index in [2.05, 4.69) is 0 Å². The lowest BCUT2D eigenvalue weighted by molar-refractivity contribution is -0.182. The summed E-state index contributed by atoms with van der Waals surface area (Å²) in [4.78, 5) is 0. The van der Waals surface area contributed by atoms with Crippen molar-refractivity contribution in [1.29, 1.82) is 0 Å². The van der Waals surface area contributed by atoms with E-state index in [0.29, 0.717) is 0 Å². The Bertz CT molecular complexity index is 197. The third-order valence-electron chi connectivity index (χ3n) is 2.53. The summed E-state index contributed by atoms with van der Waals surface area (Å²) >= 11 is 0. The normalized spacial score (nSPS) is 34.7. The molecule has 3 heteroatoms. The molecule has 0 spiro atoms. The van der Waals surface area contributed by atoms with Gasteiger partial charge in [-0.3, -0.25) is 0 Å². The molecule has 1 heterocycles. The van der Waals surface area contributed by atoms with E-state index in [1.165, 1.54) is 0 Å². The molecule has 2 atom stereocenters. The molecule has 1 saturated heterocycles. The van der Waals surface area contributed by atoms with Gasteiger partial charge < -0.3 is 9.47 Å². The smallest absolute Gasteiger partial charge is 0.158 e. The molecular formula is C10H15FO2. The molecule has 0 amide bonds. The summed E-state index contributed by atoms with van der Waals surface area (Å²) in [5, 5.41) is 0. The van der Waals surface area contributed by atoms with Crippen molar-refractivity contribution in [3.63, 3.8) is 0 Å². The fourth-order valence-corrected chi connectivity index (χ4v) is 1.78. The summed E-state index contributed by atoms with van der Waals surface area (Å²) in [6, 6.07) is 0. The van der Waals surface area contributed by atoms with Crippen molar-refractivity contribution in [2.24, 2.45) is 0 Å². The number of rotatable bonds is 2. The summed E-state index contributed by atoms with van der Waals surface area (Å²) in [7, 11) is 0. The second kappa shape index (κ2) is 4.20. The van der Waals surface area contributed by atoms with Crippen molar-refractivity contribution >= 4 is 0 Å². The second-order valence-electron chi connectivity index (χ2n) is 3.59. The maximum absolute atomic E-state index is 13.0. The van der Waals surface area contributed by atoms with E-state index in [1.54, 1.807) is 6.08 Å². The SMILES string of the molecule is FC1=CCCC1OC1CCCCO1. The molecule has 0 aromatic heterocycles. The molecule has 0 saturated carbocycles. The molecule has 0 aromatic rings. The van der Waals surface area contributed by atoms with Crippen LogP contribution in [0.2, 0.25) is 0 Å². The van der Waals surface area contributed by atoms with Gasteiger partial charge in [-0.1, -0.05) is 6.08 Å². The standard InChI is InChI=1S/C10H15FO2/c11-8-4-3-5-9(8)13-10-6-1-2-7-12-10/h4,9-10H,1-3,5-7H2. The van der Waals surface area contributed by atoms with Gasteiger partial charge in [-0.15, -0.1) is 0 Å². The first kappa shape index (κ1) is 9.16. The Morgan fingerprint density at radius 1 is 1.38 bits per heavy atom. The highest BCUT2D eigenvalue weighted by Crippen LogP contribution is 2.26. The molecule has 1 fully saturated rings. The molecule has 0 radical (unpaired) electrons. The Labute approximate surface area is 77.7 Å². The van der Waals surface area contributed by atoms with Gasteiger partial charge in [0.05, 0.1) is 0 Å². The van der Waals surface area contributed by atoms with Crippen molar-refractivity contribution in [2.75, 3.05) is 6.61 Å². The van der Waals surface area contributed by atoms with Crippen LogP contribution < -0.4 is 0 Å². The van der Waals surface area contributed by atoms with Crippen LogP contribution in [-0.2, 0) is 9.47 Å². The highest BCUT2D eigenvalue weighted by molar-refractivity contribution is 5.06. The van der Waals surface area contributed by atoms with Crippen LogP contribution in [0.25, 0.3) is 0 Å². The zero-order valence-electron chi connectivity index (χ0n) is 7.67. The molecule has 74 valence electrons. The zero-order valence-corrected chi connectivity index (χ0v) is 7.67. The molecular weight excluding hydrogens is 171 g/mol. The minimum Gasteiger partial charge on any atom is -0.353 e. The van der Waals surface area contributed by atoms with Gasteiger partial charge in [0, 0.05) is 6.61 Å². The molecule has 2 unspecified atom stereocenters. The summed E-state index contributed by atoms with van der Waals surface area (Å²) in [6.45, 7) is 0.753. The first-order valence-corrected chi connectivity index (χ1v) is 4.99. The largest absolute Gasteiger partial charge is 0.353 e. The van der Waals surface area contributed by atoms with Gasteiger partial charge in [0.25, 0.3) is 0 Å². The van der Waals surface area contributed by atoms with Crippen molar-refractivity contribution in [2.45, 2.75) is 44.5 Å². The fourth-order valence-electron chi connectivity index (χ4n) is 1.78. The monoisotopic (exact) mass is 186 g/mol. The van der Waals surface area contributed by atoms with Gasteiger partial charge >= 0.3 is 0 Å². The molecule has 1 aliphatic carbocycles. The predicted molar refractivity (Wildman–Crippen MR) is 46.9 cm³/mol. The van der Waals surface area contributed by atoms with E-state index >= 15 is 0 Å². The lowest BCUT2D eigenvalue weighted by atomic mass is 10.2. The van der Waals surface area contributed by atoms with Gasteiger partial charge in [-0.05, 0) is 32.1 Å². The average molecular weight is 186 g/mol. The van der Waals surface area contributed by atoms with Crippen LogP contribution in [0.1, 0.15) is 32.1 Å². The van der Waals surface area contributed by atoms with Gasteiger partial charge in [-0.2, -0.15) is 0 Å². The van der Waals surface area contributed by atoms with Gasteiger partial charge in [0.2, 0.25) is 0 Å². The van der Waals surface area contributed by atoms with Crippen molar-refractivity contribution in [1.82, 2.24) is 0 Å². The Hall–Kier alpha value is -0.410. The minimum atomic E-state index is -0.330. The maximum atomic E-state index is 13.0. The quantitative estimate of drug-likeness (QED) is 0.659. The van der Waals surface area contributed by atoms with Crippen LogP contribution in [0.15, 0.2) is 11.9 Å². The predicted octanol–water partition coefficient (Wildman–Crippen LogP) is 2.55. The lowest BCUT2D eigenvalue weighted by Gasteiger charge is -2.25. The lowest BCUT2D eigenvalue weighted by Crippen LogP contribution is -2.27. The van der Waals surface area contributed by atoms with E-state index < -0.39 is 0 Å². The van der Waals surface area contributed by atoms with Crippen molar-refractivity contribution < 1.29 is 13.9 Å². The van der Waals surface area contributed by atoms with Crippen LogP contribution in [0.5, 0.6) is 0 Å². The number of halogens is 1. The first-order chi connectivity index (χ1) is 6.36. The Morgan fingerprint density at radius 3 is 2.92 bits per heavy atom. The van der Waals surface area contributed by atoms with E-state index in [-0.39, 0.29) is 18.2 Å². The van der Waals surface area contributed by atoms with E-state index in [0.717, 1.165) is 38.7 Å². The van der Waals surface area contributed by atoms with Gasteiger partial charge in [0.1, 0.15) is 11.9 Å². The molecule has 0 N–H and O–H groups in total. The molecule has 13 heavy (non-hydrogen) atoms. The number of ether oxygens (including phenoxy) is 2. The zero-order chi connectivity index (χ0) is 9.10. The van der Waals surface area contributed by atoms with E-state index in [4.69, 9.17) is 9.47 Å². The number of allylic oxidation sites excluding steroid dienone is 1. The van der Waals surface area contributed by atoms with Crippen molar-refractivity contribution in [3.05, 3.63) is 11.9 Å². The van der Waals surface area contributed by atoms with Crippen LogP contribution in [0.3, 0.4) is 0 Å². The topological polar surface area (TPSA) is 18.5 Å². The highest BCUT2D eigenvalue weighted by atomic mass is 19.1. The number of hydrogen-bond donors (Lipinski definition) is 0. The third kappa shape index (κ3) is 2.29. The van der Waals surface area contributed by atoms with E-state index in [1.807, 2.05) is 0 Å². The average Bonchev–Trinajstić information content (AvgIpc) is 2.54. The second-order valence-corrected chi connectivity index (χ2v) is 3.59.